The van der Waals surface area contributed by atoms with Gasteiger partial charge in [-0.2, -0.15) is 41.9 Å². The lowest BCUT2D eigenvalue weighted by Gasteiger charge is -2.06. The van der Waals surface area contributed by atoms with E-state index in [2.05, 4.69) is 124 Å². The van der Waals surface area contributed by atoms with Crippen molar-refractivity contribution in [1.29, 1.82) is 0 Å². The molecule has 1 aliphatic heterocycles. The summed E-state index contributed by atoms with van der Waals surface area (Å²) in [7, 11) is 0. The minimum Gasteiger partial charge on any atom is -0.472 e. The average molecular weight is 1980 g/mol. The summed E-state index contributed by atoms with van der Waals surface area (Å²) in [5.74, 6) is -0.633. The molecule has 6 N–H and O–H groups in total. The zero-order chi connectivity index (χ0) is 103. The number of carbonyl (C=O) groups excluding carboxylic acids is 5. The molecule has 0 radical (unpaired) electrons. The maximum Gasteiger partial charge on any atom is 0.261 e. The van der Waals surface area contributed by atoms with Crippen molar-refractivity contribution in [1.82, 2.24) is 103 Å². The molecule has 0 saturated heterocycles. The maximum absolute atomic E-state index is 12.6. The summed E-state index contributed by atoms with van der Waals surface area (Å²) >= 11 is 1.66. The number of hydrogen-bond donors (Lipinski definition) is 6. The smallest absolute Gasteiger partial charge is 0.261 e. The van der Waals surface area contributed by atoms with Gasteiger partial charge in [0.1, 0.15) is 58.0 Å². The fraction of sp³-hybridized carbons (Fsp3) is 0.118. The zero-order valence-corrected chi connectivity index (χ0v) is 82.6. The van der Waals surface area contributed by atoms with Crippen LogP contribution in [0.3, 0.4) is 0 Å². The Bertz CT molecular complexity index is 8100. The van der Waals surface area contributed by atoms with Crippen molar-refractivity contribution in [3.63, 3.8) is 0 Å². The fourth-order valence-corrected chi connectivity index (χ4v) is 17.0. The van der Waals surface area contributed by atoms with Gasteiger partial charge in [0.2, 0.25) is 5.89 Å². The lowest BCUT2D eigenvalue weighted by Crippen LogP contribution is -2.12. The van der Waals surface area contributed by atoms with Crippen LogP contribution in [0.1, 0.15) is 126 Å². The molecule has 38 heteroatoms. The Kier molecular flexibility index (Phi) is 28.4. The molecule has 0 atom stereocenters. The summed E-state index contributed by atoms with van der Waals surface area (Å²) in [6.45, 7) is 22.6. The predicted molar refractivity (Wildman–Crippen MR) is 564 cm³/mol. The molecule has 18 heterocycles. The Hall–Kier alpha value is -19.8. The van der Waals surface area contributed by atoms with Gasteiger partial charge in [-0.25, -0.2) is 71.9 Å². The minimum atomic E-state index is -0.253. The first-order chi connectivity index (χ1) is 71.9. The van der Waals surface area contributed by atoms with Crippen molar-refractivity contribution < 1.29 is 41.6 Å². The van der Waals surface area contributed by atoms with E-state index in [1.165, 1.54) is 37.0 Å². The number of allylic oxidation sites excluding steroid dienone is 1. The van der Waals surface area contributed by atoms with E-state index >= 15 is 0 Å². The van der Waals surface area contributed by atoms with E-state index in [4.69, 9.17) is 17.7 Å². The lowest BCUT2D eigenvalue weighted by molar-refractivity contribution is 0.102. The van der Waals surface area contributed by atoms with E-state index in [9.17, 15) is 24.0 Å². The van der Waals surface area contributed by atoms with Gasteiger partial charge in [0, 0.05) is 137 Å². The number of fused-ring (bicyclic) bond motifs is 6. The van der Waals surface area contributed by atoms with Gasteiger partial charge in [-0.05, 0) is 249 Å². The highest BCUT2D eigenvalue weighted by molar-refractivity contribution is 7.08. The molecule has 734 valence electrons. The molecule has 17 aromatic heterocycles. The topological polar surface area (TPSA) is 442 Å². The highest BCUT2D eigenvalue weighted by Gasteiger charge is 2.24. The largest absolute Gasteiger partial charge is 0.472 e. The Morgan fingerprint density at radius 1 is 0.338 bits per heavy atom. The van der Waals surface area contributed by atoms with Crippen molar-refractivity contribution in [2.24, 2.45) is 4.99 Å². The molecule has 0 aliphatic carbocycles. The number of anilines is 6. The Morgan fingerprint density at radius 2 is 0.703 bits per heavy atom. The lowest BCUT2D eigenvalue weighted by atomic mass is 10.1. The molecule has 5 amide bonds. The molecule has 24 rings (SSSR count). The van der Waals surface area contributed by atoms with Crippen LogP contribution in [-0.2, 0) is 6.54 Å². The molecular weight excluding hydrogens is 1890 g/mol. The van der Waals surface area contributed by atoms with Gasteiger partial charge < -0.3 is 49.6 Å². The molecule has 37 nitrogen and oxygen atoms in total. The third-order valence-corrected chi connectivity index (χ3v) is 24.2. The third-order valence-electron chi connectivity index (χ3n) is 23.6. The summed E-state index contributed by atoms with van der Waals surface area (Å²) in [6.07, 6.45) is 28.0. The number of benzene rings is 6. The van der Waals surface area contributed by atoms with Gasteiger partial charge in [-0.15, -0.1) is 0 Å². The first-order valence-electron chi connectivity index (χ1n) is 46.6. The van der Waals surface area contributed by atoms with Gasteiger partial charge >= 0.3 is 0 Å². The Morgan fingerprint density at radius 3 is 1.04 bits per heavy atom. The molecular formula is C110H94N28O9S. The molecule has 1 aliphatic rings. The van der Waals surface area contributed by atoms with E-state index in [-0.39, 0.29) is 29.5 Å². The normalized spacial score (nSPS) is 11.4. The van der Waals surface area contributed by atoms with Gasteiger partial charge in [0.05, 0.1) is 68.2 Å². The van der Waals surface area contributed by atoms with Gasteiger partial charge in [-0.1, -0.05) is 66.7 Å². The molecule has 0 saturated carbocycles. The highest BCUT2D eigenvalue weighted by atomic mass is 32.1. The molecule has 6 aromatic carbocycles. The monoisotopic (exact) mass is 1980 g/mol. The summed E-state index contributed by atoms with van der Waals surface area (Å²) in [5.41, 5.74) is 32.2. The Balaban J connectivity index is 0.000000112. The number of nitrogens with zero attached hydrogens (tertiary/aromatic N) is 22. The number of amides is 5. The van der Waals surface area contributed by atoms with Crippen LogP contribution in [0.15, 0.2) is 333 Å². The van der Waals surface area contributed by atoms with E-state index < -0.39 is 0 Å². The SMILES string of the molecule is Cc1cc(C)n2ncc(C(=O)Nc3ccc(-c4ccoc4)cc3)c2n1.Cc1cc(C)n2ncc(C(=O)Nc3ccc(-c4ccsc4)cc3)c2n1.Cc1cc(C)n2ncc(C(=O)Nc3ccc(-c4cocn4)cc3)c2n1.Cc1cc(C)n2ncc(C(=O)Nc3ccc(-c4ncco4)cc3)c2n1.Cc1cc(C)n2ncc(C(=O)Nc3ccc(C4=NCC=C4)cc3)c2n1.Cc1ccn2ncc(CNc3ccc(-c4cocn4)cc3)c2n1. The van der Waals surface area contributed by atoms with Gasteiger partial charge in [0.25, 0.3) is 29.5 Å². The first kappa shape index (κ1) is 97.1. The number of nitrogens with one attached hydrogen (secondary N) is 6. The second-order valence-electron chi connectivity index (χ2n) is 34.5. The summed E-state index contributed by atoms with van der Waals surface area (Å²) in [5, 5.41) is 47.6. The molecule has 23 aromatic rings. The van der Waals surface area contributed by atoms with Gasteiger partial charge in [-0.3, -0.25) is 29.0 Å². The van der Waals surface area contributed by atoms with E-state index in [1.54, 1.807) is 100 Å². The second-order valence-corrected chi connectivity index (χ2v) is 35.3. The van der Waals surface area contributed by atoms with E-state index in [0.29, 0.717) is 85.6 Å². The van der Waals surface area contributed by atoms with E-state index in [1.807, 2.05) is 282 Å². The number of aryl methyl sites for hydroxylation is 11. The number of rotatable bonds is 19. The maximum atomic E-state index is 12.6. The number of thiophene rings is 1. The molecule has 0 fully saturated rings. The van der Waals surface area contributed by atoms with Crippen LogP contribution in [0.4, 0.5) is 34.1 Å². The molecule has 0 bridgehead atoms. The van der Waals surface area contributed by atoms with Crippen molar-refractivity contribution in [2.75, 3.05) is 38.4 Å². The summed E-state index contributed by atoms with van der Waals surface area (Å²) < 4.78 is 30.5. The third kappa shape index (κ3) is 22.2. The number of aliphatic imine (C=N–C) groups is 1. The van der Waals surface area contributed by atoms with Crippen molar-refractivity contribution in [2.45, 2.75) is 82.7 Å². The Labute approximate surface area is 848 Å². The van der Waals surface area contributed by atoms with Crippen LogP contribution >= 0.6 is 11.3 Å². The standard InChI is InChI=1S/C19H17N5O.C19H16N4O2.C19H16N4OS.2C18H15N5O2.C17H15N5O/c1-12-10-13(2)24-18(22-12)16(11-21-24)19(25)23-15-7-5-14(6-8-15)17-4-3-9-20-17;2*1-12-9-13(2)23-18(21-12)17(10-20-23)19(24)22-16-5-3-14(4-6-16)15-7-8-25-11-15;1-11-7-12(2)23-17(21-11)15(8-20-23)18(24)22-14-5-3-13(4-6-14)16-9-25-10-19-16;1-11-9-12(2)23-16(21-11)15(10-20-23)17(24)22-14-5-3-13(4-6-14)18-19-7-8-25-18;1-12-6-7-22-17(21-12)14(9-20-22)8-18-15-4-2-13(3-5-15)16-10-23-11-19-16/h3-8,10-11H,9H2,1-2H3,(H,23,25);2*3-11H,1-2H3,(H,22,24);2*3-10H,1-2H3,(H,22,24);2-7,9-11,18H,8H2,1H3. The molecule has 0 spiro atoms. The molecule has 148 heavy (non-hydrogen) atoms. The highest BCUT2D eigenvalue weighted by Crippen LogP contribution is 2.31. The summed E-state index contributed by atoms with van der Waals surface area (Å²) in [4.78, 5) is 106. The van der Waals surface area contributed by atoms with Crippen LogP contribution in [0.2, 0.25) is 0 Å². The van der Waals surface area contributed by atoms with Crippen molar-refractivity contribution >= 4 is 115 Å². The number of carbonyl (C=O) groups is 5. The van der Waals surface area contributed by atoms with Crippen molar-refractivity contribution in [3.8, 4) is 56.2 Å². The van der Waals surface area contributed by atoms with Crippen molar-refractivity contribution in [3.05, 3.63) is 412 Å². The number of oxazole rings is 3. The number of aromatic nitrogens is 21. The average Bonchev–Trinajstić information content (AvgIpc) is 1.65. The second kappa shape index (κ2) is 43.3. The van der Waals surface area contributed by atoms with Crippen LogP contribution in [0.25, 0.3) is 90.1 Å². The predicted octanol–water partition coefficient (Wildman–Crippen LogP) is 21.0. The first-order valence-corrected chi connectivity index (χ1v) is 47.6. The summed E-state index contributed by atoms with van der Waals surface area (Å²) in [6, 6.07) is 61.3. The number of furan rings is 1. The van der Waals surface area contributed by atoms with Crippen LogP contribution < -0.4 is 31.9 Å². The quantitative estimate of drug-likeness (QED) is 0.0438. The zero-order valence-electron chi connectivity index (χ0n) is 81.8. The number of hydrogen-bond acceptors (Lipinski definition) is 27. The molecule has 0 unspecified atom stereocenters. The van der Waals surface area contributed by atoms with E-state index in [0.717, 1.165) is 153 Å². The minimum absolute atomic E-state index is 0.212. The van der Waals surface area contributed by atoms with Crippen LogP contribution in [0.5, 0.6) is 0 Å². The van der Waals surface area contributed by atoms with Gasteiger partial charge in [0.15, 0.2) is 46.7 Å². The van der Waals surface area contributed by atoms with Crippen LogP contribution in [0, 0.1) is 76.2 Å². The van der Waals surface area contributed by atoms with Crippen LogP contribution in [-0.4, -0.2) is 144 Å². The fourth-order valence-electron chi connectivity index (χ4n) is 16.4.